The van der Waals surface area contributed by atoms with Crippen LogP contribution in [0.2, 0.25) is 0 Å². The van der Waals surface area contributed by atoms with Gasteiger partial charge in [0.25, 0.3) is 5.95 Å². The number of likely N-dealkylation sites (tertiary alicyclic amines) is 1. The second kappa shape index (κ2) is 15.3. The predicted molar refractivity (Wildman–Crippen MR) is 179 cm³/mol. The first-order valence-electron chi connectivity index (χ1n) is 17.3. The fraction of sp³-hybridized carbons (Fsp3) is 0.541. The number of nitrogens with one attached hydrogen (secondary N) is 3. The van der Waals surface area contributed by atoms with Crippen molar-refractivity contribution in [1.82, 2.24) is 20.9 Å². The molecule has 0 radical (unpaired) electrons. The molecule has 3 heterocycles. The third kappa shape index (κ3) is 8.73. The zero-order chi connectivity index (χ0) is 32.6. The van der Waals surface area contributed by atoms with Gasteiger partial charge in [-0.05, 0) is 87.6 Å². The number of nitrogens with zero attached hydrogens (tertiary/aromatic N) is 1. The van der Waals surface area contributed by atoms with Crippen molar-refractivity contribution in [2.75, 3.05) is 39.4 Å². The first kappa shape index (κ1) is 33.0. The van der Waals surface area contributed by atoms with Gasteiger partial charge in [0.05, 0.1) is 0 Å². The summed E-state index contributed by atoms with van der Waals surface area (Å²) in [7, 11) is 0. The van der Waals surface area contributed by atoms with Crippen LogP contribution in [0.4, 0.5) is 4.79 Å². The Kier molecular flexibility index (Phi) is 10.8. The van der Waals surface area contributed by atoms with Crippen molar-refractivity contribution in [2.24, 2.45) is 11.8 Å². The van der Waals surface area contributed by atoms with Gasteiger partial charge in [0.15, 0.2) is 0 Å². The molecule has 10 nitrogen and oxygen atoms in total. The molecule has 2 aliphatic heterocycles. The van der Waals surface area contributed by atoms with Crippen LogP contribution in [0.25, 0.3) is 11.0 Å². The average Bonchev–Trinajstić information content (AvgIpc) is 3.72. The molecule has 252 valence electrons. The number of hydrogen-bond acceptors (Lipinski definition) is 7. The highest BCUT2D eigenvalue weighted by Gasteiger charge is 2.44. The molecule has 3 aliphatic rings. The monoisotopic (exact) mass is 644 g/mol. The van der Waals surface area contributed by atoms with Crippen molar-refractivity contribution < 1.29 is 28.3 Å². The Morgan fingerprint density at radius 3 is 2.45 bits per heavy atom. The molecule has 0 unspecified atom stereocenters. The van der Waals surface area contributed by atoms with Crippen LogP contribution in [0.3, 0.4) is 0 Å². The van der Waals surface area contributed by atoms with Crippen molar-refractivity contribution in [3.63, 3.8) is 0 Å². The quantitative estimate of drug-likeness (QED) is 0.265. The van der Waals surface area contributed by atoms with Gasteiger partial charge in [-0.15, -0.1) is 0 Å². The Bertz CT molecular complexity index is 1500. The molecule has 1 aromatic heterocycles. The van der Waals surface area contributed by atoms with Crippen LogP contribution in [0.15, 0.2) is 59.0 Å². The number of carbonyl (C=O) groups is 3. The minimum atomic E-state index is -1.17. The van der Waals surface area contributed by atoms with E-state index in [2.05, 4.69) is 20.9 Å². The third-order valence-corrected chi connectivity index (χ3v) is 10.1. The number of ether oxygens (including phenoxy) is 2. The fourth-order valence-corrected chi connectivity index (χ4v) is 7.25. The fourth-order valence-electron chi connectivity index (χ4n) is 7.25. The minimum Gasteiger partial charge on any atom is -0.425 e. The Morgan fingerprint density at radius 2 is 1.70 bits per heavy atom. The van der Waals surface area contributed by atoms with Crippen LogP contribution < -0.4 is 20.7 Å². The number of hydrogen-bond donors (Lipinski definition) is 3. The number of benzene rings is 2. The Labute approximate surface area is 276 Å². The van der Waals surface area contributed by atoms with Crippen molar-refractivity contribution in [1.29, 1.82) is 0 Å². The maximum absolute atomic E-state index is 13.9. The highest BCUT2D eigenvalue weighted by Crippen LogP contribution is 2.31. The van der Waals surface area contributed by atoms with E-state index in [1.54, 1.807) is 6.07 Å². The van der Waals surface area contributed by atoms with E-state index < -0.39 is 17.7 Å². The number of aryl methyl sites for hydroxylation is 1. The number of fused-ring (bicyclic) bond motifs is 1. The lowest BCUT2D eigenvalue weighted by molar-refractivity contribution is -0.132. The summed E-state index contributed by atoms with van der Waals surface area (Å²) in [6.07, 6.45) is 6.43. The zero-order valence-corrected chi connectivity index (χ0v) is 27.4. The number of carbonyl (C=O) groups excluding carboxylic acids is 3. The van der Waals surface area contributed by atoms with Crippen molar-refractivity contribution >= 4 is 28.9 Å². The lowest BCUT2D eigenvalue weighted by Gasteiger charge is -2.35. The van der Waals surface area contributed by atoms with Gasteiger partial charge < -0.3 is 34.7 Å². The van der Waals surface area contributed by atoms with Gasteiger partial charge in [-0.1, -0.05) is 55.3 Å². The van der Waals surface area contributed by atoms with E-state index in [1.165, 1.54) is 0 Å². The number of piperidine rings is 1. The molecule has 1 atom stereocenters. The molecule has 3 aromatic rings. The summed E-state index contributed by atoms with van der Waals surface area (Å²) in [4.78, 5) is 43.3. The molecule has 2 aromatic carbocycles. The molecule has 0 bridgehead atoms. The van der Waals surface area contributed by atoms with E-state index in [0.29, 0.717) is 37.3 Å². The Hall–Kier alpha value is -3.89. The second-order valence-corrected chi connectivity index (χ2v) is 13.7. The first-order chi connectivity index (χ1) is 22.8. The maximum atomic E-state index is 13.9. The van der Waals surface area contributed by atoms with E-state index >= 15 is 0 Å². The zero-order valence-electron chi connectivity index (χ0n) is 27.4. The first-order valence-corrected chi connectivity index (χ1v) is 17.3. The minimum absolute atomic E-state index is 0.0624. The number of amides is 3. The number of rotatable bonds is 11. The SMILES string of the molecule is Cc1ccc2cc(OC(=O)NC3(C(=O)N[C@H](Cc4ccccc4)C(=O)NCC4CCN(CC5CCOCC5)CC4)CCCC3)oc2c1. The molecular formula is C37H48N4O6. The lowest BCUT2D eigenvalue weighted by atomic mass is 9.93. The third-order valence-electron chi connectivity index (χ3n) is 10.1. The van der Waals surface area contributed by atoms with Gasteiger partial charge in [0.2, 0.25) is 11.8 Å². The molecule has 2 saturated heterocycles. The van der Waals surface area contributed by atoms with E-state index in [0.717, 1.165) is 93.8 Å². The molecule has 1 saturated carbocycles. The van der Waals surface area contributed by atoms with Gasteiger partial charge in [-0.25, -0.2) is 4.79 Å². The van der Waals surface area contributed by atoms with Gasteiger partial charge in [0.1, 0.15) is 17.2 Å². The Morgan fingerprint density at radius 1 is 0.957 bits per heavy atom. The van der Waals surface area contributed by atoms with Crippen LogP contribution in [0.1, 0.15) is 62.5 Å². The summed E-state index contributed by atoms with van der Waals surface area (Å²) in [5.74, 6) is 0.603. The average molecular weight is 645 g/mol. The predicted octanol–water partition coefficient (Wildman–Crippen LogP) is 5.12. The smallest absolute Gasteiger partial charge is 0.415 e. The highest BCUT2D eigenvalue weighted by molar-refractivity contribution is 5.94. The highest BCUT2D eigenvalue weighted by atomic mass is 16.6. The van der Waals surface area contributed by atoms with Crippen molar-refractivity contribution in [3.05, 3.63) is 65.7 Å². The van der Waals surface area contributed by atoms with E-state index in [-0.39, 0.29) is 17.8 Å². The largest absolute Gasteiger partial charge is 0.425 e. The van der Waals surface area contributed by atoms with E-state index in [9.17, 15) is 14.4 Å². The molecule has 3 fully saturated rings. The summed E-state index contributed by atoms with van der Waals surface area (Å²) in [5, 5.41) is 9.84. The summed E-state index contributed by atoms with van der Waals surface area (Å²) in [6, 6.07) is 16.3. The second-order valence-electron chi connectivity index (χ2n) is 13.7. The topological polar surface area (TPSA) is 122 Å². The molecule has 3 amide bonds. The molecular weight excluding hydrogens is 596 g/mol. The van der Waals surface area contributed by atoms with Crippen LogP contribution >= 0.6 is 0 Å². The maximum Gasteiger partial charge on any atom is 0.415 e. The van der Waals surface area contributed by atoms with E-state index in [4.69, 9.17) is 13.9 Å². The van der Waals surface area contributed by atoms with E-state index in [1.807, 2.05) is 55.5 Å². The van der Waals surface area contributed by atoms with Crippen LogP contribution in [0, 0.1) is 18.8 Å². The van der Waals surface area contributed by atoms with Gasteiger partial charge in [-0.3, -0.25) is 9.59 Å². The Balaban J connectivity index is 1.06. The van der Waals surface area contributed by atoms with Gasteiger partial charge in [0, 0.05) is 44.2 Å². The molecule has 0 spiro atoms. The normalized spacial score (nSPS) is 19.7. The van der Waals surface area contributed by atoms with Crippen molar-refractivity contribution in [2.45, 2.75) is 76.3 Å². The molecule has 6 rings (SSSR count). The van der Waals surface area contributed by atoms with Crippen LogP contribution in [-0.2, 0) is 20.7 Å². The molecule has 10 heteroatoms. The summed E-state index contributed by atoms with van der Waals surface area (Å²) < 4.78 is 16.7. The lowest BCUT2D eigenvalue weighted by Crippen LogP contribution is -2.61. The van der Waals surface area contributed by atoms with Gasteiger partial charge >= 0.3 is 6.09 Å². The van der Waals surface area contributed by atoms with Crippen molar-refractivity contribution in [3.8, 4) is 5.95 Å². The summed E-state index contributed by atoms with van der Waals surface area (Å²) in [6.45, 7) is 7.50. The van der Waals surface area contributed by atoms with Crippen LogP contribution in [0.5, 0.6) is 5.95 Å². The summed E-state index contributed by atoms with van der Waals surface area (Å²) in [5.41, 5.74) is 1.43. The number of furan rings is 1. The standard InChI is InChI=1S/C37H48N4O6/c1-26-9-10-30-23-33(46-32(30)21-26)47-36(44)40-37(15-5-6-16-37)35(43)39-31(22-27-7-3-2-4-8-27)34(42)38-24-28-11-17-41(18-12-28)25-29-13-19-45-20-14-29/h2-4,7-10,21,23,28-29,31H,5-6,11-20,22,24-25H2,1H3,(H,38,42)(H,39,43)(H,40,44)/t31-/m1/s1. The molecule has 3 N–H and O–H groups in total. The van der Waals surface area contributed by atoms with Gasteiger partial charge in [-0.2, -0.15) is 0 Å². The molecule has 1 aliphatic carbocycles. The molecule has 47 heavy (non-hydrogen) atoms. The summed E-state index contributed by atoms with van der Waals surface area (Å²) >= 11 is 0. The van der Waals surface area contributed by atoms with Crippen LogP contribution in [-0.4, -0.2) is 73.8 Å².